The molecule has 0 bridgehead atoms. The van der Waals surface area contributed by atoms with Crippen LogP contribution in [0.15, 0.2) is 28.9 Å². The normalized spacial score (nSPS) is 14.6. The van der Waals surface area contributed by atoms with Crippen LogP contribution in [0.1, 0.15) is 17.5 Å². The summed E-state index contributed by atoms with van der Waals surface area (Å²) in [5, 5.41) is 14.7. The van der Waals surface area contributed by atoms with E-state index in [1.54, 1.807) is 0 Å². The Kier molecular flexibility index (Phi) is 4.24. The standard InChI is InChI=1S/C14H12BrF3N4O2/c15-11-7-21(19-13(11)22(23)24)8-20-5-1-2-9-6-10(14(16,17)18)3-4-12(9)20/h3-4,6-7H,1-2,5,8H2. The topological polar surface area (TPSA) is 64.2 Å². The molecule has 0 spiro atoms. The van der Waals surface area contributed by atoms with Crippen LogP contribution < -0.4 is 4.90 Å². The zero-order valence-electron chi connectivity index (χ0n) is 12.3. The monoisotopic (exact) mass is 404 g/mol. The third-order valence-corrected chi connectivity index (χ3v) is 4.37. The predicted molar refractivity (Wildman–Crippen MR) is 83.7 cm³/mol. The zero-order valence-corrected chi connectivity index (χ0v) is 13.8. The summed E-state index contributed by atoms with van der Waals surface area (Å²) in [7, 11) is 0. The number of aryl methyl sites for hydroxylation is 1. The highest BCUT2D eigenvalue weighted by molar-refractivity contribution is 9.10. The zero-order chi connectivity index (χ0) is 17.5. The lowest BCUT2D eigenvalue weighted by Gasteiger charge is -2.30. The molecular formula is C14H12BrF3N4O2. The molecule has 0 saturated carbocycles. The largest absolute Gasteiger partial charge is 0.416 e. The van der Waals surface area contributed by atoms with Crippen molar-refractivity contribution < 1.29 is 18.1 Å². The van der Waals surface area contributed by atoms with Gasteiger partial charge < -0.3 is 15.0 Å². The molecular weight excluding hydrogens is 393 g/mol. The van der Waals surface area contributed by atoms with Gasteiger partial charge in [-0.1, -0.05) is 0 Å². The minimum atomic E-state index is -4.37. The summed E-state index contributed by atoms with van der Waals surface area (Å²) in [6, 6.07) is 3.67. The molecule has 0 aliphatic carbocycles. The highest BCUT2D eigenvalue weighted by Gasteiger charge is 2.32. The van der Waals surface area contributed by atoms with E-state index >= 15 is 0 Å². The molecule has 3 rings (SSSR count). The first-order valence-electron chi connectivity index (χ1n) is 7.08. The fraction of sp³-hybridized carbons (Fsp3) is 0.357. The van der Waals surface area contributed by atoms with Crippen molar-refractivity contribution in [1.29, 1.82) is 0 Å². The van der Waals surface area contributed by atoms with Crippen LogP contribution >= 0.6 is 15.9 Å². The molecule has 0 amide bonds. The summed E-state index contributed by atoms with van der Waals surface area (Å²) in [6.45, 7) is 0.869. The number of anilines is 1. The second-order valence-corrected chi connectivity index (χ2v) is 6.30. The molecule has 1 aliphatic heterocycles. The molecule has 0 atom stereocenters. The second kappa shape index (κ2) is 6.08. The lowest BCUT2D eigenvalue weighted by molar-refractivity contribution is -0.390. The number of alkyl halides is 3. The number of fused-ring (bicyclic) bond motifs is 1. The van der Waals surface area contributed by atoms with Crippen molar-refractivity contribution in [3.8, 4) is 0 Å². The van der Waals surface area contributed by atoms with Gasteiger partial charge in [-0.05, 0) is 57.5 Å². The third-order valence-electron chi connectivity index (χ3n) is 3.81. The minimum Gasteiger partial charge on any atom is -0.358 e. The maximum Gasteiger partial charge on any atom is 0.416 e. The molecule has 0 radical (unpaired) electrons. The highest BCUT2D eigenvalue weighted by atomic mass is 79.9. The van der Waals surface area contributed by atoms with Crippen LogP contribution in [0.5, 0.6) is 0 Å². The van der Waals surface area contributed by atoms with E-state index in [1.807, 2.05) is 4.90 Å². The van der Waals surface area contributed by atoms with Crippen molar-refractivity contribution in [3.05, 3.63) is 50.1 Å². The Morgan fingerprint density at radius 2 is 2.12 bits per heavy atom. The number of hydrogen-bond acceptors (Lipinski definition) is 4. The molecule has 0 saturated heterocycles. The number of benzene rings is 1. The van der Waals surface area contributed by atoms with Gasteiger partial charge in [0.05, 0.1) is 16.9 Å². The van der Waals surface area contributed by atoms with Gasteiger partial charge in [-0.15, -0.1) is 0 Å². The molecule has 0 fully saturated rings. The summed E-state index contributed by atoms with van der Waals surface area (Å²) in [5.74, 6) is -0.292. The molecule has 2 aromatic rings. The fourth-order valence-electron chi connectivity index (χ4n) is 2.76. The van der Waals surface area contributed by atoms with E-state index in [4.69, 9.17) is 0 Å². The van der Waals surface area contributed by atoms with Crippen molar-refractivity contribution in [1.82, 2.24) is 9.78 Å². The first-order valence-corrected chi connectivity index (χ1v) is 7.87. The number of hydrogen-bond donors (Lipinski definition) is 0. The van der Waals surface area contributed by atoms with E-state index in [9.17, 15) is 23.3 Å². The molecule has 0 unspecified atom stereocenters. The number of halogens is 4. The molecule has 1 aromatic carbocycles. The van der Waals surface area contributed by atoms with Crippen molar-refractivity contribution >= 4 is 27.4 Å². The molecule has 6 nitrogen and oxygen atoms in total. The minimum absolute atomic E-state index is 0.227. The van der Waals surface area contributed by atoms with E-state index in [1.165, 1.54) is 23.0 Å². The Balaban J connectivity index is 1.87. The number of aromatic nitrogens is 2. The van der Waals surface area contributed by atoms with Crippen LogP contribution in [0, 0.1) is 10.1 Å². The van der Waals surface area contributed by atoms with Gasteiger partial charge in [0.25, 0.3) is 0 Å². The van der Waals surface area contributed by atoms with Gasteiger partial charge in [-0.25, -0.2) is 0 Å². The smallest absolute Gasteiger partial charge is 0.358 e. The lowest BCUT2D eigenvalue weighted by atomic mass is 9.99. The Bertz CT molecular complexity index is 791. The number of nitro groups is 1. The van der Waals surface area contributed by atoms with Crippen LogP contribution in [-0.4, -0.2) is 21.2 Å². The highest BCUT2D eigenvalue weighted by Crippen LogP contribution is 2.35. The third kappa shape index (κ3) is 3.23. The van der Waals surface area contributed by atoms with Gasteiger partial charge >= 0.3 is 12.0 Å². The Hall–Kier alpha value is -2.10. The fourth-order valence-corrected chi connectivity index (χ4v) is 3.22. The maximum atomic E-state index is 12.8. The Morgan fingerprint density at radius 1 is 1.38 bits per heavy atom. The molecule has 2 heterocycles. The average molecular weight is 405 g/mol. The van der Waals surface area contributed by atoms with Gasteiger partial charge in [-0.3, -0.25) is 0 Å². The Labute approximate surface area is 143 Å². The molecule has 10 heteroatoms. The van der Waals surface area contributed by atoms with Crippen molar-refractivity contribution in [2.45, 2.75) is 25.7 Å². The van der Waals surface area contributed by atoms with E-state index < -0.39 is 16.7 Å². The summed E-state index contributed by atoms with van der Waals surface area (Å²) in [4.78, 5) is 12.1. The van der Waals surface area contributed by atoms with Crippen LogP contribution in [0.25, 0.3) is 0 Å². The molecule has 1 aromatic heterocycles. The molecule has 1 aliphatic rings. The summed E-state index contributed by atoms with van der Waals surface area (Å²) >= 11 is 3.08. The molecule has 24 heavy (non-hydrogen) atoms. The van der Waals surface area contributed by atoms with E-state index in [0.717, 1.165) is 6.07 Å². The summed E-state index contributed by atoms with van der Waals surface area (Å²) in [5.41, 5.74) is 0.654. The molecule has 0 N–H and O–H groups in total. The van der Waals surface area contributed by atoms with E-state index in [0.29, 0.717) is 30.6 Å². The van der Waals surface area contributed by atoms with E-state index in [-0.39, 0.29) is 17.0 Å². The SMILES string of the molecule is O=[N+]([O-])c1nn(CN2CCCc3cc(C(F)(F)F)ccc32)cc1Br. The van der Waals surface area contributed by atoms with Gasteiger partial charge in [-0.2, -0.15) is 17.9 Å². The van der Waals surface area contributed by atoms with Gasteiger partial charge in [0.1, 0.15) is 11.1 Å². The van der Waals surface area contributed by atoms with Crippen molar-refractivity contribution in [3.63, 3.8) is 0 Å². The summed E-state index contributed by atoms with van der Waals surface area (Å²) < 4.78 is 40.1. The van der Waals surface area contributed by atoms with Gasteiger partial charge in [0, 0.05) is 12.2 Å². The molecule has 128 valence electrons. The van der Waals surface area contributed by atoms with Crippen molar-refractivity contribution in [2.75, 3.05) is 11.4 Å². The lowest BCUT2D eigenvalue weighted by Crippen LogP contribution is -2.32. The predicted octanol–water partition coefficient (Wildman–Crippen LogP) is 3.98. The van der Waals surface area contributed by atoms with Gasteiger partial charge in [0.15, 0.2) is 0 Å². The van der Waals surface area contributed by atoms with Crippen molar-refractivity contribution in [2.24, 2.45) is 0 Å². The first kappa shape index (κ1) is 16.7. The van der Waals surface area contributed by atoms with Crippen LogP contribution in [0.3, 0.4) is 0 Å². The average Bonchev–Trinajstić information content (AvgIpc) is 2.87. The second-order valence-electron chi connectivity index (χ2n) is 5.45. The van der Waals surface area contributed by atoms with Gasteiger partial charge in [0.2, 0.25) is 0 Å². The van der Waals surface area contributed by atoms with E-state index in [2.05, 4.69) is 21.0 Å². The summed E-state index contributed by atoms with van der Waals surface area (Å²) in [6.07, 6.45) is -1.61. The quantitative estimate of drug-likeness (QED) is 0.573. The maximum absolute atomic E-state index is 12.8. The van der Waals surface area contributed by atoms with Crippen LogP contribution in [0.2, 0.25) is 0 Å². The number of rotatable bonds is 3. The Morgan fingerprint density at radius 3 is 2.75 bits per heavy atom. The van der Waals surface area contributed by atoms with Crippen LogP contribution in [0.4, 0.5) is 24.7 Å². The number of nitrogens with zero attached hydrogens (tertiary/aromatic N) is 4. The first-order chi connectivity index (χ1) is 11.3. The van der Waals surface area contributed by atoms with Crippen LogP contribution in [-0.2, 0) is 19.3 Å².